The van der Waals surface area contributed by atoms with E-state index in [2.05, 4.69) is 15.7 Å². The largest absolute Gasteiger partial charge is 0.484 e. The first-order valence-corrected chi connectivity index (χ1v) is 10.9. The SMILES string of the molecule is Fc1cccc(Cl)c1OCc1cccn2c(C34CC5CC(CC(C5)C3)C4)nnc12. The van der Waals surface area contributed by atoms with E-state index in [1.54, 1.807) is 12.1 Å². The highest BCUT2D eigenvalue weighted by molar-refractivity contribution is 6.32. The average Bonchev–Trinajstić information content (AvgIpc) is 3.12. The third-order valence-corrected chi connectivity index (χ3v) is 7.62. The molecule has 2 heterocycles. The highest BCUT2D eigenvalue weighted by Gasteiger charge is 2.53. The molecule has 0 spiro atoms. The van der Waals surface area contributed by atoms with E-state index >= 15 is 0 Å². The molecule has 0 radical (unpaired) electrons. The molecule has 4 fully saturated rings. The first-order valence-electron chi connectivity index (χ1n) is 10.5. The van der Waals surface area contributed by atoms with Gasteiger partial charge in [0.2, 0.25) is 0 Å². The standard InChI is InChI=1S/C23H23ClFN3O/c24-18-4-1-5-19(25)20(18)29-13-17-3-2-6-28-21(17)26-27-22(28)23-10-14-7-15(11-23)9-16(8-14)12-23/h1-6,14-16H,7-13H2. The van der Waals surface area contributed by atoms with Gasteiger partial charge in [-0.25, -0.2) is 4.39 Å². The lowest BCUT2D eigenvalue weighted by Crippen LogP contribution is -2.49. The number of pyridine rings is 1. The van der Waals surface area contributed by atoms with Crippen LogP contribution in [0.1, 0.15) is 49.9 Å². The molecule has 4 nitrogen and oxygen atoms in total. The minimum Gasteiger partial charge on any atom is -0.484 e. The number of nitrogens with zero attached hydrogens (tertiary/aromatic N) is 3. The number of aromatic nitrogens is 3. The predicted octanol–water partition coefficient (Wildman–Crippen LogP) is 5.57. The first kappa shape index (κ1) is 17.7. The van der Waals surface area contributed by atoms with Gasteiger partial charge >= 0.3 is 0 Å². The molecule has 4 aliphatic carbocycles. The van der Waals surface area contributed by atoms with Crippen LogP contribution >= 0.6 is 11.6 Å². The van der Waals surface area contributed by atoms with Crippen LogP contribution in [0.4, 0.5) is 4.39 Å². The van der Waals surface area contributed by atoms with Gasteiger partial charge in [0.1, 0.15) is 12.4 Å². The topological polar surface area (TPSA) is 39.4 Å². The molecule has 150 valence electrons. The minimum absolute atomic E-state index is 0.0805. The van der Waals surface area contributed by atoms with Crippen LogP contribution in [0.5, 0.6) is 5.75 Å². The lowest BCUT2D eigenvalue weighted by Gasteiger charge is -2.55. The fourth-order valence-electron chi connectivity index (χ4n) is 6.60. The number of hydrogen-bond acceptors (Lipinski definition) is 3. The number of benzene rings is 1. The van der Waals surface area contributed by atoms with Gasteiger partial charge in [0.25, 0.3) is 0 Å². The van der Waals surface area contributed by atoms with Gasteiger partial charge in [0.15, 0.2) is 17.2 Å². The van der Waals surface area contributed by atoms with E-state index in [0.29, 0.717) is 0 Å². The lowest BCUT2D eigenvalue weighted by atomic mass is 9.49. The lowest BCUT2D eigenvalue weighted by molar-refractivity contribution is -0.00984. The molecule has 0 N–H and O–H groups in total. The zero-order chi connectivity index (χ0) is 19.6. The summed E-state index contributed by atoms with van der Waals surface area (Å²) in [5.74, 6) is 3.28. The molecule has 3 aromatic rings. The summed E-state index contributed by atoms with van der Waals surface area (Å²) in [6.07, 6.45) is 9.99. The fraction of sp³-hybridized carbons (Fsp3) is 0.478. The molecule has 0 unspecified atom stereocenters. The second-order valence-electron chi connectivity index (χ2n) is 9.29. The molecular formula is C23H23ClFN3O. The van der Waals surface area contributed by atoms with Gasteiger partial charge in [-0.05, 0) is 74.5 Å². The summed E-state index contributed by atoms with van der Waals surface area (Å²) < 4.78 is 21.9. The molecule has 1 aromatic carbocycles. The van der Waals surface area contributed by atoms with Gasteiger partial charge in [0, 0.05) is 17.2 Å². The van der Waals surface area contributed by atoms with Gasteiger partial charge in [0.05, 0.1) is 5.02 Å². The number of ether oxygens (including phenoxy) is 1. The molecule has 29 heavy (non-hydrogen) atoms. The third kappa shape index (κ3) is 2.77. The average molecular weight is 412 g/mol. The maximum absolute atomic E-state index is 14.1. The Hall–Kier alpha value is -2.14. The van der Waals surface area contributed by atoms with Crippen LogP contribution in [0.3, 0.4) is 0 Å². The molecule has 4 aliphatic rings. The van der Waals surface area contributed by atoms with E-state index in [4.69, 9.17) is 21.4 Å². The molecule has 0 amide bonds. The van der Waals surface area contributed by atoms with Crippen molar-refractivity contribution in [3.8, 4) is 5.75 Å². The highest BCUT2D eigenvalue weighted by Crippen LogP contribution is 2.60. The summed E-state index contributed by atoms with van der Waals surface area (Å²) in [5.41, 5.74) is 1.85. The summed E-state index contributed by atoms with van der Waals surface area (Å²) >= 11 is 6.10. The second-order valence-corrected chi connectivity index (χ2v) is 9.70. The van der Waals surface area contributed by atoms with E-state index in [9.17, 15) is 4.39 Å². The fourth-order valence-corrected chi connectivity index (χ4v) is 6.82. The molecule has 0 saturated heterocycles. The Kier molecular flexibility index (Phi) is 3.92. The maximum Gasteiger partial charge on any atom is 0.174 e. The molecular weight excluding hydrogens is 389 g/mol. The Morgan fingerprint density at radius 1 is 1.03 bits per heavy atom. The summed E-state index contributed by atoms with van der Waals surface area (Å²) in [7, 11) is 0. The highest BCUT2D eigenvalue weighted by atomic mass is 35.5. The molecule has 4 saturated carbocycles. The Morgan fingerprint density at radius 2 is 1.76 bits per heavy atom. The third-order valence-electron chi connectivity index (χ3n) is 7.32. The van der Waals surface area contributed by atoms with E-state index in [0.717, 1.165) is 34.8 Å². The van der Waals surface area contributed by atoms with Crippen molar-refractivity contribution >= 4 is 17.2 Å². The molecule has 7 rings (SSSR count). The first-order chi connectivity index (χ1) is 14.1. The number of fused-ring (bicyclic) bond motifs is 1. The van der Waals surface area contributed by atoms with Crippen molar-refractivity contribution in [1.82, 2.24) is 14.6 Å². The Bertz CT molecular complexity index is 1040. The number of hydrogen-bond donors (Lipinski definition) is 0. The van der Waals surface area contributed by atoms with Crippen LogP contribution in [0.2, 0.25) is 5.02 Å². The van der Waals surface area contributed by atoms with Crippen LogP contribution in [0, 0.1) is 23.6 Å². The normalized spacial score (nSPS) is 30.2. The zero-order valence-electron chi connectivity index (χ0n) is 16.2. The van der Waals surface area contributed by atoms with Crippen LogP contribution in [-0.2, 0) is 12.0 Å². The quantitative estimate of drug-likeness (QED) is 0.563. The smallest absolute Gasteiger partial charge is 0.174 e. The Balaban J connectivity index is 1.35. The van der Waals surface area contributed by atoms with Crippen LogP contribution < -0.4 is 4.74 Å². The van der Waals surface area contributed by atoms with Gasteiger partial charge < -0.3 is 4.74 Å². The van der Waals surface area contributed by atoms with Crippen molar-refractivity contribution in [1.29, 1.82) is 0 Å². The predicted molar refractivity (Wildman–Crippen MR) is 109 cm³/mol. The molecule has 6 heteroatoms. The second kappa shape index (κ2) is 6.43. The Labute approximate surface area is 174 Å². The monoisotopic (exact) mass is 411 g/mol. The zero-order valence-corrected chi connectivity index (χ0v) is 16.9. The molecule has 2 aromatic heterocycles. The van der Waals surface area contributed by atoms with Crippen LogP contribution in [0.15, 0.2) is 36.5 Å². The van der Waals surface area contributed by atoms with Crippen molar-refractivity contribution in [2.75, 3.05) is 0 Å². The van der Waals surface area contributed by atoms with E-state index in [1.807, 2.05) is 12.1 Å². The van der Waals surface area contributed by atoms with Gasteiger partial charge in [-0.3, -0.25) is 4.40 Å². The molecule has 0 aliphatic heterocycles. The van der Waals surface area contributed by atoms with Gasteiger partial charge in [-0.15, -0.1) is 10.2 Å². The van der Waals surface area contributed by atoms with Crippen molar-refractivity contribution in [2.24, 2.45) is 17.8 Å². The van der Waals surface area contributed by atoms with E-state index in [-0.39, 0.29) is 22.8 Å². The van der Waals surface area contributed by atoms with Crippen molar-refractivity contribution < 1.29 is 9.13 Å². The van der Waals surface area contributed by atoms with Crippen molar-refractivity contribution in [3.05, 3.63) is 58.8 Å². The number of halogens is 2. The number of rotatable bonds is 4. The summed E-state index contributed by atoms with van der Waals surface area (Å²) in [6.45, 7) is 0.198. The van der Waals surface area contributed by atoms with E-state index in [1.165, 1.54) is 44.6 Å². The minimum atomic E-state index is -0.458. The van der Waals surface area contributed by atoms with Crippen molar-refractivity contribution in [3.63, 3.8) is 0 Å². The molecule has 0 atom stereocenters. The van der Waals surface area contributed by atoms with Crippen LogP contribution in [0.25, 0.3) is 5.65 Å². The van der Waals surface area contributed by atoms with Crippen molar-refractivity contribution in [2.45, 2.75) is 50.5 Å². The van der Waals surface area contributed by atoms with Crippen LogP contribution in [-0.4, -0.2) is 14.6 Å². The maximum atomic E-state index is 14.1. The Morgan fingerprint density at radius 3 is 2.45 bits per heavy atom. The number of para-hydroxylation sites is 1. The summed E-state index contributed by atoms with van der Waals surface area (Å²) in [6, 6.07) is 8.51. The summed E-state index contributed by atoms with van der Waals surface area (Å²) in [4.78, 5) is 0. The van der Waals surface area contributed by atoms with E-state index < -0.39 is 5.82 Å². The summed E-state index contributed by atoms with van der Waals surface area (Å²) in [5, 5.41) is 9.50. The van der Waals surface area contributed by atoms with Gasteiger partial charge in [-0.2, -0.15) is 0 Å². The van der Waals surface area contributed by atoms with Gasteiger partial charge in [-0.1, -0.05) is 23.7 Å². The molecule has 4 bridgehead atoms.